The minimum absolute atomic E-state index is 0.0741. The van der Waals surface area contributed by atoms with Crippen molar-refractivity contribution < 1.29 is 0 Å². The van der Waals surface area contributed by atoms with Gasteiger partial charge in [0.2, 0.25) is 0 Å². The van der Waals surface area contributed by atoms with E-state index >= 15 is 0 Å². The number of aromatic amines is 1. The Morgan fingerprint density at radius 1 is 1.43 bits per heavy atom. The second-order valence-electron chi connectivity index (χ2n) is 4.66. The van der Waals surface area contributed by atoms with Crippen LogP contribution in [0.1, 0.15) is 43.0 Å². The largest absolute Gasteiger partial charge is 0.326 e. The Hall–Kier alpha value is -1.05. The van der Waals surface area contributed by atoms with Crippen LogP contribution in [0.5, 0.6) is 0 Å². The molecule has 1 aromatic rings. The van der Waals surface area contributed by atoms with Crippen molar-refractivity contribution in [3.05, 3.63) is 33.2 Å². The van der Waals surface area contributed by atoms with Gasteiger partial charge in [0.05, 0.1) is 0 Å². The van der Waals surface area contributed by atoms with Crippen LogP contribution < -0.4 is 5.56 Å². The van der Waals surface area contributed by atoms with Crippen LogP contribution in [-0.4, -0.2) is 4.98 Å². The number of fused-ring (bicyclic) bond motifs is 1. The molecule has 2 unspecified atom stereocenters. The molecule has 2 atom stereocenters. The van der Waals surface area contributed by atoms with E-state index in [1.165, 1.54) is 12.0 Å². The summed E-state index contributed by atoms with van der Waals surface area (Å²) in [5.41, 5.74) is 3.42. The first kappa shape index (κ1) is 9.50. The lowest BCUT2D eigenvalue weighted by atomic mass is 9.80. The molecule has 1 aliphatic carbocycles. The molecule has 1 N–H and O–H groups in total. The molecule has 14 heavy (non-hydrogen) atoms. The van der Waals surface area contributed by atoms with Gasteiger partial charge in [-0.1, -0.05) is 13.8 Å². The number of aryl methyl sites for hydroxylation is 1. The first-order chi connectivity index (χ1) is 6.58. The maximum absolute atomic E-state index is 11.4. The fourth-order valence-electron chi connectivity index (χ4n) is 2.46. The van der Waals surface area contributed by atoms with E-state index in [4.69, 9.17) is 0 Å². The smallest absolute Gasteiger partial charge is 0.251 e. The summed E-state index contributed by atoms with van der Waals surface area (Å²) in [5, 5.41) is 0. The molecule has 0 spiro atoms. The minimum Gasteiger partial charge on any atom is -0.326 e. The Labute approximate surface area is 84.4 Å². The molecular formula is C12H17NO. The summed E-state index contributed by atoms with van der Waals surface area (Å²) in [7, 11) is 0. The first-order valence-electron chi connectivity index (χ1n) is 5.30. The molecule has 0 aliphatic heterocycles. The quantitative estimate of drug-likeness (QED) is 0.671. The van der Waals surface area contributed by atoms with E-state index in [9.17, 15) is 4.79 Å². The number of hydrogen-bond donors (Lipinski definition) is 1. The molecule has 2 rings (SSSR count). The summed E-state index contributed by atoms with van der Waals surface area (Å²) in [5.74, 6) is 1.28. The van der Waals surface area contributed by atoms with Crippen molar-refractivity contribution in [1.29, 1.82) is 0 Å². The molecule has 0 fully saturated rings. The average molecular weight is 191 g/mol. The highest BCUT2D eigenvalue weighted by molar-refractivity contribution is 5.30. The normalized spacial score (nSPS) is 25.9. The van der Waals surface area contributed by atoms with Gasteiger partial charge in [-0.3, -0.25) is 4.79 Å². The summed E-state index contributed by atoms with van der Waals surface area (Å²) in [4.78, 5) is 14.5. The summed E-state index contributed by atoms with van der Waals surface area (Å²) in [6.45, 7) is 6.37. The van der Waals surface area contributed by atoms with E-state index in [1.54, 1.807) is 0 Å². The van der Waals surface area contributed by atoms with Gasteiger partial charge in [0.1, 0.15) is 0 Å². The fraction of sp³-hybridized carbons (Fsp3) is 0.583. The lowest BCUT2D eigenvalue weighted by molar-refractivity contribution is 0.441. The van der Waals surface area contributed by atoms with Crippen LogP contribution in [0.4, 0.5) is 0 Å². The Kier molecular flexibility index (Phi) is 2.22. The third-order valence-corrected chi connectivity index (χ3v) is 3.18. The monoisotopic (exact) mass is 191 g/mol. The zero-order valence-electron chi connectivity index (χ0n) is 9.05. The van der Waals surface area contributed by atoms with Crippen molar-refractivity contribution in [3.63, 3.8) is 0 Å². The highest BCUT2D eigenvalue weighted by atomic mass is 16.1. The van der Waals surface area contributed by atoms with Crippen molar-refractivity contribution in [3.8, 4) is 0 Å². The number of H-pyrrole nitrogens is 1. The van der Waals surface area contributed by atoms with E-state index in [-0.39, 0.29) is 5.56 Å². The second kappa shape index (κ2) is 3.26. The van der Waals surface area contributed by atoms with E-state index in [2.05, 4.69) is 24.9 Å². The van der Waals surface area contributed by atoms with Crippen molar-refractivity contribution >= 4 is 0 Å². The summed E-state index contributed by atoms with van der Waals surface area (Å²) < 4.78 is 0. The van der Waals surface area contributed by atoms with Crippen molar-refractivity contribution in [1.82, 2.24) is 4.98 Å². The van der Waals surface area contributed by atoms with Gasteiger partial charge in [-0.25, -0.2) is 0 Å². The zero-order chi connectivity index (χ0) is 10.3. The molecule has 0 radical (unpaired) electrons. The molecule has 76 valence electrons. The Bertz CT molecular complexity index is 405. The van der Waals surface area contributed by atoms with Gasteiger partial charge < -0.3 is 4.98 Å². The molecule has 2 heteroatoms. The molecule has 0 bridgehead atoms. The molecule has 1 aromatic heterocycles. The van der Waals surface area contributed by atoms with Gasteiger partial charge in [-0.2, -0.15) is 0 Å². The SMILES string of the molecule is Cc1cc2c([nH]c1=O)CC(C)CC2C. The first-order valence-corrected chi connectivity index (χ1v) is 5.30. The van der Waals surface area contributed by atoms with Crippen molar-refractivity contribution in [2.45, 2.75) is 39.5 Å². The molecule has 1 heterocycles. The third-order valence-electron chi connectivity index (χ3n) is 3.18. The van der Waals surface area contributed by atoms with Crippen molar-refractivity contribution in [2.24, 2.45) is 5.92 Å². The standard InChI is InChI=1S/C12H17NO/c1-7-4-8(2)10-6-9(3)12(14)13-11(10)5-7/h6-8H,4-5H2,1-3H3,(H,13,14). The summed E-state index contributed by atoms with van der Waals surface area (Å²) >= 11 is 0. The van der Waals surface area contributed by atoms with Gasteiger partial charge >= 0.3 is 0 Å². The van der Waals surface area contributed by atoms with Gasteiger partial charge in [-0.05, 0) is 43.2 Å². The average Bonchev–Trinajstić information content (AvgIpc) is 2.08. The zero-order valence-corrected chi connectivity index (χ0v) is 9.05. The van der Waals surface area contributed by atoms with Crippen LogP contribution in [-0.2, 0) is 6.42 Å². The summed E-state index contributed by atoms with van der Waals surface area (Å²) in [6, 6.07) is 2.06. The van der Waals surface area contributed by atoms with E-state index in [1.807, 2.05) is 6.92 Å². The molecule has 0 amide bonds. The third kappa shape index (κ3) is 1.49. The highest BCUT2D eigenvalue weighted by Gasteiger charge is 2.22. The molecule has 0 saturated carbocycles. The molecule has 1 aliphatic rings. The number of hydrogen-bond acceptors (Lipinski definition) is 1. The van der Waals surface area contributed by atoms with Crippen LogP contribution in [0, 0.1) is 12.8 Å². The Balaban J connectivity index is 2.54. The van der Waals surface area contributed by atoms with Crippen LogP contribution in [0.2, 0.25) is 0 Å². The number of rotatable bonds is 0. The number of aromatic nitrogens is 1. The van der Waals surface area contributed by atoms with E-state index in [0.29, 0.717) is 11.8 Å². The topological polar surface area (TPSA) is 32.9 Å². The second-order valence-corrected chi connectivity index (χ2v) is 4.66. The Morgan fingerprint density at radius 3 is 2.86 bits per heavy atom. The van der Waals surface area contributed by atoms with Gasteiger partial charge in [-0.15, -0.1) is 0 Å². The predicted molar refractivity (Wildman–Crippen MR) is 57.7 cm³/mol. The molecule has 0 aromatic carbocycles. The van der Waals surface area contributed by atoms with Crippen LogP contribution in [0.15, 0.2) is 10.9 Å². The number of pyridine rings is 1. The van der Waals surface area contributed by atoms with Gasteiger partial charge in [0, 0.05) is 11.3 Å². The van der Waals surface area contributed by atoms with Gasteiger partial charge in [0.25, 0.3) is 5.56 Å². The minimum atomic E-state index is 0.0741. The van der Waals surface area contributed by atoms with Crippen molar-refractivity contribution in [2.75, 3.05) is 0 Å². The molecule has 0 saturated heterocycles. The van der Waals surface area contributed by atoms with E-state index in [0.717, 1.165) is 17.7 Å². The van der Waals surface area contributed by atoms with E-state index < -0.39 is 0 Å². The maximum atomic E-state index is 11.4. The fourth-order valence-corrected chi connectivity index (χ4v) is 2.46. The van der Waals surface area contributed by atoms with Crippen LogP contribution in [0.3, 0.4) is 0 Å². The molecule has 2 nitrogen and oxygen atoms in total. The lowest BCUT2D eigenvalue weighted by Crippen LogP contribution is -2.22. The van der Waals surface area contributed by atoms with Gasteiger partial charge in [0.15, 0.2) is 0 Å². The predicted octanol–water partition coefficient (Wildman–Crippen LogP) is 2.37. The highest BCUT2D eigenvalue weighted by Crippen LogP contribution is 2.32. The Morgan fingerprint density at radius 2 is 2.14 bits per heavy atom. The number of nitrogens with one attached hydrogen (secondary N) is 1. The van der Waals surface area contributed by atoms with Crippen LogP contribution >= 0.6 is 0 Å². The lowest BCUT2D eigenvalue weighted by Gasteiger charge is -2.26. The molecular weight excluding hydrogens is 174 g/mol. The maximum Gasteiger partial charge on any atom is 0.251 e. The van der Waals surface area contributed by atoms with Crippen LogP contribution in [0.25, 0.3) is 0 Å². The summed E-state index contributed by atoms with van der Waals surface area (Å²) in [6.07, 6.45) is 2.26.